The van der Waals surface area contributed by atoms with Crippen molar-refractivity contribution in [1.82, 2.24) is 15.1 Å². The molecule has 196 valence electrons. The number of aromatic amines is 1. The molecule has 3 aromatic carbocycles. The van der Waals surface area contributed by atoms with Gasteiger partial charge in [-0.1, -0.05) is 49.2 Å². The lowest BCUT2D eigenvalue weighted by Gasteiger charge is -2.27. The first kappa shape index (κ1) is 25.4. The second-order valence-corrected chi connectivity index (χ2v) is 9.52. The van der Waals surface area contributed by atoms with Crippen molar-refractivity contribution in [3.05, 3.63) is 94.7 Å². The Kier molecular flexibility index (Phi) is 7.36. The summed E-state index contributed by atoms with van der Waals surface area (Å²) in [5, 5.41) is 7.62. The van der Waals surface area contributed by atoms with E-state index in [-0.39, 0.29) is 11.9 Å². The van der Waals surface area contributed by atoms with Gasteiger partial charge in [0.2, 0.25) is 0 Å². The van der Waals surface area contributed by atoms with E-state index in [2.05, 4.69) is 48.3 Å². The van der Waals surface area contributed by atoms with Crippen molar-refractivity contribution in [2.45, 2.75) is 39.3 Å². The Balaban J connectivity index is 1.59. The van der Waals surface area contributed by atoms with E-state index >= 15 is 0 Å². The number of amides is 1. The van der Waals surface area contributed by atoms with Gasteiger partial charge in [-0.05, 0) is 60.9 Å². The van der Waals surface area contributed by atoms with E-state index in [0.717, 1.165) is 46.5 Å². The lowest BCUT2D eigenvalue weighted by atomic mass is 9.95. The summed E-state index contributed by atoms with van der Waals surface area (Å²) in [4.78, 5) is 15.7. The Hall–Kier alpha value is -4.26. The molecule has 1 N–H and O–H groups in total. The summed E-state index contributed by atoms with van der Waals surface area (Å²) in [6, 6.07) is 21.6. The normalized spacial score (nSPS) is 14.5. The van der Waals surface area contributed by atoms with Crippen molar-refractivity contribution in [3.63, 3.8) is 0 Å². The minimum atomic E-state index is -0.353. The molecular weight excluding hydrogens is 478 g/mol. The molecule has 0 saturated heterocycles. The molecule has 1 aliphatic rings. The van der Waals surface area contributed by atoms with Gasteiger partial charge in [-0.15, -0.1) is 0 Å². The Bertz CT molecular complexity index is 1410. The molecule has 2 heterocycles. The largest absolute Gasteiger partial charge is 0.497 e. The second-order valence-electron chi connectivity index (χ2n) is 9.52. The lowest BCUT2D eigenvalue weighted by Crippen LogP contribution is -2.29. The number of carbonyl (C=O) groups excluding carboxylic acids is 1. The number of H-pyrrole nitrogens is 1. The highest BCUT2D eigenvalue weighted by Crippen LogP contribution is 2.45. The number of rotatable bonds is 10. The van der Waals surface area contributed by atoms with Crippen LogP contribution in [0.2, 0.25) is 0 Å². The number of hydrogen-bond acceptors (Lipinski definition) is 5. The Morgan fingerprint density at radius 2 is 1.71 bits per heavy atom. The number of methoxy groups -OCH3 is 2. The van der Waals surface area contributed by atoms with Crippen LogP contribution in [0.4, 0.5) is 0 Å². The predicted molar refractivity (Wildman–Crippen MR) is 147 cm³/mol. The highest BCUT2D eigenvalue weighted by molar-refractivity contribution is 6.00. The van der Waals surface area contributed by atoms with E-state index in [1.165, 1.54) is 5.56 Å². The van der Waals surface area contributed by atoms with E-state index in [1.54, 1.807) is 14.2 Å². The van der Waals surface area contributed by atoms with Crippen molar-refractivity contribution < 1.29 is 19.0 Å². The summed E-state index contributed by atoms with van der Waals surface area (Å²) in [7, 11) is 3.28. The number of aryl methyl sites for hydroxylation is 1. The second kappa shape index (κ2) is 11.0. The number of aromatic nitrogens is 2. The fourth-order valence-corrected chi connectivity index (χ4v) is 4.87. The fourth-order valence-electron chi connectivity index (χ4n) is 4.87. The summed E-state index contributed by atoms with van der Waals surface area (Å²) in [5.74, 6) is 2.02. The van der Waals surface area contributed by atoms with Gasteiger partial charge in [0, 0.05) is 17.7 Å². The van der Waals surface area contributed by atoms with Gasteiger partial charge in [0.25, 0.3) is 5.91 Å². The first-order valence-electron chi connectivity index (χ1n) is 12.9. The molecule has 4 aromatic rings. The molecule has 1 unspecified atom stereocenters. The molecule has 0 bridgehead atoms. The summed E-state index contributed by atoms with van der Waals surface area (Å²) in [6.07, 6.45) is 2.02. The van der Waals surface area contributed by atoms with Crippen LogP contribution in [0.3, 0.4) is 0 Å². The highest BCUT2D eigenvalue weighted by atomic mass is 16.5. The number of fused-ring (bicyclic) bond motifs is 1. The van der Waals surface area contributed by atoms with Crippen LogP contribution in [0.5, 0.6) is 17.2 Å². The number of benzene rings is 3. The van der Waals surface area contributed by atoms with Gasteiger partial charge in [0.15, 0.2) is 11.5 Å². The van der Waals surface area contributed by atoms with Gasteiger partial charge in [-0.3, -0.25) is 9.89 Å². The molecule has 0 aliphatic carbocycles. The van der Waals surface area contributed by atoms with Crippen LogP contribution in [0.1, 0.15) is 58.5 Å². The number of carbonyl (C=O) groups is 1. The number of unbranched alkanes of at least 4 members (excludes halogenated alkanes) is 1. The third kappa shape index (κ3) is 4.84. The average molecular weight is 512 g/mol. The molecule has 0 spiro atoms. The Morgan fingerprint density at radius 1 is 0.947 bits per heavy atom. The van der Waals surface area contributed by atoms with Crippen LogP contribution in [0.15, 0.2) is 66.7 Å². The molecule has 1 atom stereocenters. The third-order valence-electron chi connectivity index (χ3n) is 6.96. The maximum Gasteiger partial charge on any atom is 0.273 e. The van der Waals surface area contributed by atoms with Gasteiger partial charge in [0.05, 0.1) is 32.6 Å². The standard InChI is InChI=1S/C31H33N3O4/c1-5-6-17-38-25-16-13-23(18-26(25)37-4)30-27-28(22-11-14-24(36-3)15-12-22)32-33-29(27)31(35)34(30)19-21-9-7-20(2)8-10-21/h7-16,18,30H,5-6,17,19H2,1-4H3,(H,32,33). The van der Waals surface area contributed by atoms with Gasteiger partial charge in [-0.25, -0.2) is 0 Å². The first-order chi connectivity index (χ1) is 18.5. The summed E-state index contributed by atoms with van der Waals surface area (Å²) >= 11 is 0. The topological polar surface area (TPSA) is 76.7 Å². The lowest BCUT2D eigenvalue weighted by molar-refractivity contribution is 0.0730. The van der Waals surface area contributed by atoms with Gasteiger partial charge in [0.1, 0.15) is 11.4 Å². The molecule has 1 aliphatic heterocycles. The summed E-state index contributed by atoms with van der Waals surface area (Å²) < 4.78 is 17.0. The SMILES string of the molecule is CCCCOc1ccc(C2c3c(-c4ccc(OC)cc4)n[nH]c3C(=O)N2Cc2ccc(C)cc2)cc1OC. The monoisotopic (exact) mass is 511 g/mol. The Labute approximate surface area is 223 Å². The van der Waals surface area contributed by atoms with E-state index in [9.17, 15) is 4.79 Å². The smallest absolute Gasteiger partial charge is 0.273 e. The van der Waals surface area contributed by atoms with Gasteiger partial charge in [-0.2, -0.15) is 5.10 Å². The van der Waals surface area contributed by atoms with E-state index in [4.69, 9.17) is 14.2 Å². The quantitative estimate of drug-likeness (QED) is 0.252. The van der Waals surface area contributed by atoms with E-state index in [0.29, 0.717) is 30.3 Å². The molecule has 7 heteroatoms. The third-order valence-corrected chi connectivity index (χ3v) is 6.96. The fraction of sp³-hybridized carbons (Fsp3) is 0.290. The summed E-state index contributed by atoms with van der Waals surface area (Å²) in [6.45, 7) is 5.28. The van der Waals surface area contributed by atoms with E-state index in [1.807, 2.05) is 47.4 Å². The minimum absolute atomic E-state index is 0.0833. The Morgan fingerprint density at radius 3 is 2.39 bits per heavy atom. The van der Waals surface area contributed by atoms with Crippen molar-refractivity contribution in [2.24, 2.45) is 0 Å². The van der Waals surface area contributed by atoms with Gasteiger partial charge >= 0.3 is 0 Å². The maximum absolute atomic E-state index is 13.8. The van der Waals surface area contributed by atoms with Crippen LogP contribution in [-0.4, -0.2) is 41.8 Å². The highest BCUT2D eigenvalue weighted by Gasteiger charge is 2.42. The average Bonchev–Trinajstić information content (AvgIpc) is 3.49. The van der Waals surface area contributed by atoms with E-state index < -0.39 is 0 Å². The zero-order valence-electron chi connectivity index (χ0n) is 22.3. The molecule has 1 aromatic heterocycles. The molecule has 7 nitrogen and oxygen atoms in total. The minimum Gasteiger partial charge on any atom is -0.497 e. The van der Waals surface area contributed by atoms with Crippen LogP contribution < -0.4 is 14.2 Å². The molecule has 0 fully saturated rings. The predicted octanol–water partition coefficient (Wildman–Crippen LogP) is 6.33. The van der Waals surface area contributed by atoms with Gasteiger partial charge < -0.3 is 19.1 Å². The molecule has 0 saturated carbocycles. The summed E-state index contributed by atoms with van der Waals surface area (Å²) in [5.41, 5.74) is 6.19. The number of ether oxygens (including phenoxy) is 3. The van der Waals surface area contributed by atoms with Crippen LogP contribution in [0, 0.1) is 6.92 Å². The van der Waals surface area contributed by atoms with Crippen LogP contribution in [0.25, 0.3) is 11.3 Å². The maximum atomic E-state index is 13.8. The zero-order valence-corrected chi connectivity index (χ0v) is 22.3. The number of nitrogens with one attached hydrogen (secondary N) is 1. The molecule has 38 heavy (non-hydrogen) atoms. The first-order valence-corrected chi connectivity index (χ1v) is 12.9. The van der Waals surface area contributed by atoms with Crippen LogP contribution >= 0.6 is 0 Å². The molecular formula is C31H33N3O4. The molecule has 1 amide bonds. The van der Waals surface area contributed by atoms with Crippen molar-refractivity contribution in [3.8, 4) is 28.5 Å². The van der Waals surface area contributed by atoms with Crippen molar-refractivity contribution in [1.29, 1.82) is 0 Å². The zero-order chi connectivity index (χ0) is 26.6. The number of nitrogens with zero attached hydrogens (tertiary/aromatic N) is 2. The molecule has 5 rings (SSSR count). The van der Waals surface area contributed by atoms with Crippen LogP contribution in [-0.2, 0) is 6.54 Å². The van der Waals surface area contributed by atoms with Crippen molar-refractivity contribution in [2.75, 3.05) is 20.8 Å². The molecule has 0 radical (unpaired) electrons. The van der Waals surface area contributed by atoms with Crippen molar-refractivity contribution >= 4 is 5.91 Å². The number of hydrogen-bond donors (Lipinski definition) is 1.